The predicted molar refractivity (Wildman–Crippen MR) is 90.9 cm³/mol. The summed E-state index contributed by atoms with van der Waals surface area (Å²) in [5.41, 5.74) is 1.20. The molecular weight excluding hydrogens is 276 g/mol. The molecule has 6 heteroatoms. The molecule has 1 aromatic heterocycles. The van der Waals surface area contributed by atoms with Crippen LogP contribution in [0.4, 0.5) is 0 Å². The highest BCUT2D eigenvalue weighted by atomic mass is 15.3. The van der Waals surface area contributed by atoms with Crippen molar-refractivity contribution in [2.24, 2.45) is 18.0 Å². The fraction of sp³-hybridized carbons (Fsp3) is 0.750. The van der Waals surface area contributed by atoms with Crippen LogP contribution in [0.1, 0.15) is 25.3 Å². The van der Waals surface area contributed by atoms with Crippen LogP contribution in [0.25, 0.3) is 0 Å². The molecule has 0 saturated carbocycles. The van der Waals surface area contributed by atoms with Crippen molar-refractivity contribution in [2.45, 2.75) is 26.3 Å². The van der Waals surface area contributed by atoms with Gasteiger partial charge in [0.15, 0.2) is 5.96 Å². The third-order valence-corrected chi connectivity index (χ3v) is 4.10. The molecule has 2 heterocycles. The Hall–Kier alpha value is -1.56. The molecular formula is C16H30N6. The molecule has 1 unspecified atom stereocenters. The van der Waals surface area contributed by atoms with Crippen LogP contribution in [0, 0.1) is 5.92 Å². The van der Waals surface area contributed by atoms with Gasteiger partial charge >= 0.3 is 0 Å². The summed E-state index contributed by atoms with van der Waals surface area (Å²) < 4.78 is 1.84. The molecule has 0 spiro atoms. The molecule has 0 aromatic carbocycles. The zero-order valence-corrected chi connectivity index (χ0v) is 14.4. The molecule has 0 amide bonds. The van der Waals surface area contributed by atoms with E-state index < -0.39 is 0 Å². The van der Waals surface area contributed by atoms with E-state index in [1.165, 1.54) is 24.9 Å². The lowest BCUT2D eigenvalue weighted by atomic mass is 9.99. The highest BCUT2D eigenvalue weighted by Gasteiger charge is 2.17. The van der Waals surface area contributed by atoms with Crippen LogP contribution in [0.5, 0.6) is 0 Å². The second-order valence-corrected chi connectivity index (χ2v) is 6.34. The van der Waals surface area contributed by atoms with E-state index in [0.717, 1.165) is 32.1 Å². The number of guanidine groups is 1. The van der Waals surface area contributed by atoms with Crippen molar-refractivity contribution in [3.63, 3.8) is 0 Å². The lowest BCUT2D eigenvalue weighted by Crippen LogP contribution is -2.39. The van der Waals surface area contributed by atoms with Gasteiger partial charge in [0.25, 0.3) is 0 Å². The molecule has 2 rings (SSSR count). The maximum absolute atomic E-state index is 4.85. The van der Waals surface area contributed by atoms with Crippen LogP contribution in [-0.4, -0.2) is 65.8 Å². The Labute approximate surface area is 134 Å². The molecule has 1 aromatic rings. The summed E-state index contributed by atoms with van der Waals surface area (Å²) in [6, 6.07) is 0. The number of nitrogens with one attached hydrogen (secondary N) is 1. The summed E-state index contributed by atoms with van der Waals surface area (Å²) in [7, 11) is 6.24. The highest BCUT2D eigenvalue weighted by molar-refractivity contribution is 5.79. The number of aliphatic imine (C=N–C) groups is 1. The first-order valence-corrected chi connectivity index (χ1v) is 8.24. The Bertz CT molecular complexity index is 481. The smallest absolute Gasteiger partial charge is 0.193 e. The first kappa shape index (κ1) is 16.8. The maximum Gasteiger partial charge on any atom is 0.193 e. The average molecular weight is 306 g/mol. The number of aryl methyl sites for hydroxylation is 1. The number of hydrogen-bond donors (Lipinski definition) is 1. The third-order valence-electron chi connectivity index (χ3n) is 4.10. The number of aromatic nitrogens is 2. The SMILES string of the molecule is CCNC(=NCC1CCCN(C)C1)N(C)Cc1cnn(C)c1. The lowest BCUT2D eigenvalue weighted by molar-refractivity contribution is 0.214. The molecule has 1 saturated heterocycles. The quantitative estimate of drug-likeness (QED) is 0.655. The summed E-state index contributed by atoms with van der Waals surface area (Å²) in [5.74, 6) is 1.67. The zero-order chi connectivity index (χ0) is 15.9. The van der Waals surface area contributed by atoms with E-state index in [0.29, 0.717) is 5.92 Å². The molecule has 1 atom stereocenters. The summed E-state index contributed by atoms with van der Waals surface area (Å²) in [6.45, 7) is 7.12. The average Bonchev–Trinajstić information content (AvgIpc) is 2.88. The molecule has 1 aliphatic rings. The molecule has 124 valence electrons. The number of piperidine rings is 1. The summed E-state index contributed by atoms with van der Waals surface area (Å²) in [5, 5.41) is 7.62. The summed E-state index contributed by atoms with van der Waals surface area (Å²) >= 11 is 0. The Morgan fingerprint density at radius 2 is 2.32 bits per heavy atom. The van der Waals surface area contributed by atoms with Crippen molar-refractivity contribution in [1.82, 2.24) is 24.9 Å². The van der Waals surface area contributed by atoms with Gasteiger partial charge in [0.1, 0.15) is 0 Å². The maximum atomic E-state index is 4.85. The highest BCUT2D eigenvalue weighted by Crippen LogP contribution is 2.15. The van der Waals surface area contributed by atoms with Gasteiger partial charge in [0, 0.05) is 52.0 Å². The minimum atomic E-state index is 0.680. The first-order chi connectivity index (χ1) is 10.6. The molecule has 1 N–H and O–H groups in total. The van der Waals surface area contributed by atoms with Crippen molar-refractivity contribution in [3.05, 3.63) is 18.0 Å². The van der Waals surface area contributed by atoms with Gasteiger partial charge < -0.3 is 15.1 Å². The topological polar surface area (TPSA) is 48.7 Å². The molecule has 22 heavy (non-hydrogen) atoms. The van der Waals surface area contributed by atoms with Crippen LogP contribution in [-0.2, 0) is 13.6 Å². The van der Waals surface area contributed by atoms with Gasteiger partial charge in [-0.3, -0.25) is 9.67 Å². The second-order valence-electron chi connectivity index (χ2n) is 6.34. The Kier molecular flexibility index (Phi) is 6.24. The van der Waals surface area contributed by atoms with Crippen LogP contribution in [0.2, 0.25) is 0 Å². The Morgan fingerprint density at radius 1 is 1.50 bits per heavy atom. The monoisotopic (exact) mass is 306 g/mol. The largest absolute Gasteiger partial charge is 0.357 e. The number of likely N-dealkylation sites (tertiary alicyclic amines) is 1. The van der Waals surface area contributed by atoms with Crippen molar-refractivity contribution >= 4 is 5.96 Å². The molecule has 0 bridgehead atoms. The van der Waals surface area contributed by atoms with Gasteiger partial charge in [0.2, 0.25) is 0 Å². The first-order valence-electron chi connectivity index (χ1n) is 8.24. The van der Waals surface area contributed by atoms with E-state index in [1.54, 1.807) is 0 Å². The standard InChI is InChI=1S/C16H30N6/c1-5-17-16(18-9-14-7-6-8-20(2)11-14)21(3)12-15-10-19-22(4)13-15/h10,13-14H,5-9,11-12H2,1-4H3,(H,17,18). The summed E-state index contributed by atoms with van der Waals surface area (Å²) in [4.78, 5) is 9.44. The van der Waals surface area contributed by atoms with E-state index in [9.17, 15) is 0 Å². The number of rotatable bonds is 5. The van der Waals surface area contributed by atoms with Crippen LogP contribution >= 0.6 is 0 Å². The Morgan fingerprint density at radius 3 is 2.95 bits per heavy atom. The van der Waals surface area contributed by atoms with Gasteiger partial charge in [-0.2, -0.15) is 5.10 Å². The zero-order valence-electron chi connectivity index (χ0n) is 14.4. The second kappa shape index (κ2) is 8.17. The molecule has 0 aliphatic carbocycles. The molecule has 0 radical (unpaired) electrons. The predicted octanol–water partition coefficient (Wildman–Crippen LogP) is 1.16. The van der Waals surface area contributed by atoms with Gasteiger partial charge in [-0.25, -0.2) is 0 Å². The van der Waals surface area contributed by atoms with E-state index >= 15 is 0 Å². The third kappa shape index (κ3) is 5.02. The minimum absolute atomic E-state index is 0.680. The number of hydrogen-bond acceptors (Lipinski definition) is 3. The van der Waals surface area contributed by atoms with Crippen molar-refractivity contribution < 1.29 is 0 Å². The molecule has 1 aliphatic heterocycles. The van der Waals surface area contributed by atoms with E-state index in [4.69, 9.17) is 4.99 Å². The Balaban J connectivity index is 1.93. The van der Waals surface area contributed by atoms with E-state index in [1.807, 2.05) is 17.9 Å². The fourth-order valence-electron chi connectivity index (χ4n) is 3.01. The van der Waals surface area contributed by atoms with Gasteiger partial charge in [-0.15, -0.1) is 0 Å². The minimum Gasteiger partial charge on any atom is -0.357 e. The van der Waals surface area contributed by atoms with Crippen LogP contribution in [0.3, 0.4) is 0 Å². The van der Waals surface area contributed by atoms with Crippen LogP contribution in [0.15, 0.2) is 17.4 Å². The van der Waals surface area contributed by atoms with Crippen molar-refractivity contribution in [3.8, 4) is 0 Å². The molecule has 6 nitrogen and oxygen atoms in total. The molecule has 1 fully saturated rings. The fourth-order valence-corrected chi connectivity index (χ4v) is 3.01. The van der Waals surface area contributed by atoms with Gasteiger partial charge in [0.05, 0.1) is 6.20 Å². The van der Waals surface area contributed by atoms with Crippen molar-refractivity contribution in [1.29, 1.82) is 0 Å². The van der Waals surface area contributed by atoms with Crippen LogP contribution < -0.4 is 5.32 Å². The lowest BCUT2D eigenvalue weighted by Gasteiger charge is -2.29. The van der Waals surface area contributed by atoms with Gasteiger partial charge in [-0.1, -0.05) is 0 Å². The van der Waals surface area contributed by atoms with E-state index in [-0.39, 0.29) is 0 Å². The summed E-state index contributed by atoms with van der Waals surface area (Å²) in [6.07, 6.45) is 6.55. The normalized spacial score (nSPS) is 20.2. The van der Waals surface area contributed by atoms with Crippen molar-refractivity contribution in [2.75, 3.05) is 40.3 Å². The van der Waals surface area contributed by atoms with Gasteiger partial charge in [-0.05, 0) is 39.3 Å². The number of nitrogens with zero attached hydrogens (tertiary/aromatic N) is 5. The van der Waals surface area contributed by atoms with E-state index in [2.05, 4.69) is 47.4 Å².